The van der Waals surface area contributed by atoms with E-state index in [4.69, 9.17) is 11.1 Å². The molecule has 1 fully saturated rings. The minimum Gasteiger partial charge on any atom is -0.393 e. The van der Waals surface area contributed by atoms with Gasteiger partial charge in [0.15, 0.2) is 0 Å². The monoisotopic (exact) mass is 247 g/mol. The first-order chi connectivity index (χ1) is 8.47. The third-order valence-electron chi connectivity index (χ3n) is 3.60. The van der Waals surface area contributed by atoms with Gasteiger partial charge in [0.05, 0.1) is 6.10 Å². The Labute approximate surface area is 108 Å². The molecule has 4 nitrogen and oxygen atoms in total. The molecule has 1 aromatic rings. The molecule has 1 aromatic carbocycles. The fraction of sp³-hybridized carbons (Fsp3) is 0.500. The molecule has 4 heteroatoms. The third kappa shape index (κ3) is 2.64. The summed E-state index contributed by atoms with van der Waals surface area (Å²) in [5.41, 5.74) is 8.57. The smallest absolute Gasteiger partial charge is 0.124 e. The third-order valence-corrected chi connectivity index (χ3v) is 3.60. The zero-order valence-corrected chi connectivity index (χ0v) is 11.0. The number of nitrogen functional groups attached to an aromatic ring is 1. The van der Waals surface area contributed by atoms with Gasteiger partial charge in [-0.3, -0.25) is 5.41 Å². The molecule has 0 amide bonds. The van der Waals surface area contributed by atoms with Crippen molar-refractivity contribution in [1.29, 1.82) is 5.41 Å². The van der Waals surface area contributed by atoms with Gasteiger partial charge in [-0.25, -0.2) is 0 Å². The standard InChI is InChI=1S/C14H21N3O/c1-9-3-4-12(14(15)16)13(5-9)17(2)8-10-6-11(18)7-10/h3-5,10-11,18H,6-8H2,1-2H3,(H3,15,16). The zero-order valence-electron chi connectivity index (χ0n) is 11.0. The largest absolute Gasteiger partial charge is 0.393 e. The van der Waals surface area contributed by atoms with Crippen LogP contribution < -0.4 is 10.6 Å². The van der Waals surface area contributed by atoms with Crippen LogP contribution in [0.5, 0.6) is 0 Å². The van der Waals surface area contributed by atoms with Crippen molar-refractivity contribution in [1.82, 2.24) is 0 Å². The van der Waals surface area contributed by atoms with Gasteiger partial charge in [0, 0.05) is 24.8 Å². The molecule has 2 rings (SSSR count). The van der Waals surface area contributed by atoms with Crippen LogP contribution in [0, 0.1) is 18.3 Å². The number of nitrogens with two attached hydrogens (primary N) is 1. The van der Waals surface area contributed by atoms with Crippen molar-refractivity contribution in [2.45, 2.75) is 25.9 Å². The predicted molar refractivity (Wildman–Crippen MR) is 74.2 cm³/mol. The summed E-state index contributed by atoms with van der Waals surface area (Å²) in [5, 5.41) is 16.9. The molecule has 0 saturated heterocycles. The molecule has 0 aromatic heterocycles. The first-order valence-electron chi connectivity index (χ1n) is 6.31. The molecule has 18 heavy (non-hydrogen) atoms. The summed E-state index contributed by atoms with van der Waals surface area (Å²) in [6.07, 6.45) is 1.64. The lowest BCUT2D eigenvalue weighted by atomic mass is 9.82. The Hall–Kier alpha value is -1.55. The van der Waals surface area contributed by atoms with Crippen LogP contribution in [0.15, 0.2) is 18.2 Å². The number of benzene rings is 1. The quantitative estimate of drug-likeness (QED) is 0.557. The summed E-state index contributed by atoms with van der Waals surface area (Å²) in [4.78, 5) is 2.14. The molecule has 4 N–H and O–H groups in total. The number of anilines is 1. The maximum absolute atomic E-state index is 9.32. The molecule has 0 aliphatic heterocycles. The Morgan fingerprint density at radius 1 is 1.50 bits per heavy atom. The topological polar surface area (TPSA) is 73.3 Å². The van der Waals surface area contributed by atoms with Crippen LogP contribution in [0.1, 0.15) is 24.0 Å². The normalized spacial score (nSPS) is 22.4. The maximum Gasteiger partial charge on any atom is 0.124 e. The van der Waals surface area contributed by atoms with Gasteiger partial charge in [0.2, 0.25) is 0 Å². The number of aliphatic hydroxyl groups excluding tert-OH is 1. The number of aryl methyl sites for hydroxylation is 1. The van der Waals surface area contributed by atoms with E-state index in [0.29, 0.717) is 5.92 Å². The molecule has 0 radical (unpaired) electrons. The van der Waals surface area contributed by atoms with Crippen LogP contribution in [0.4, 0.5) is 5.69 Å². The van der Waals surface area contributed by atoms with Crippen molar-refractivity contribution in [2.75, 3.05) is 18.5 Å². The van der Waals surface area contributed by atoms with Crippen molar-refractivity contribution in [3.05, 3.63) is 29.3 Å². The molecule has 0 bridgehead atoms. The molecule has 1 aliphatic rings. The summed E-state index contributed by atoms with van der Waals surface area (Å²) in [6, 6.07) is 5.94. The lowest BCUT2D eigenvalue weighted by Crippen LogP contribution is -2.37. The first-order valence-corrected chi connectivity index (χ1v) is 6.31. The van der Waals surface area contributed by atoms with Gasteiger partial charge in [0.1, 0.15) is 5.84 Å². The van der Waals surface area contributed by atoms with Gasteiger partial charge in [0.25, 0.3) is 0 Å². The number of hydrogen-bond donors (Lipinski definition) is 3. The van der Waals surface area contributed by atoms with Crippen molar-refractivity contribution >= 4 is 11.5 Å². The number of hydrogen-bond acceptors (Lipinski definition) is 3. The van der Waals surface area contributed by atoms with E-state index in [1.807, 2.05) is 26.1 Å². The van der Waals surface area contributed by atoms with Gasteiger partial charge in [-0.15, -0.1) is 0 Å². The second-order valence-corrected chi connectivity index (χ2v) is 5.31. The second kappa shape index (κ2) is 4.98. The van der Waals surface area contributed by atoms with Gasteiger partial charge in [-0.1, -0.05) is 6.07 Å². The van der Waals surface area contributed by atoms with E-state index in [1.165, 1.54) is 0 Å². The van der Waals surface area contributed by atoms with Crippen LogP contribution >= 0.6 is 0 Å². The van der Waals surface area contributed by atoms with E-state index < -0.39 is 0 Å². The predicted octanol–water partition coefficient (Wildman–Crippen LogP) is 1.49. The lowest BCUT2D eigenvalue weighted by molar-refractivity contribution is 0.0465. The molecule has 0 atom stereocenters. The molecule has 0 spiro atoms. The minimum atomic E-state index is -0.117. The van der Waals surface area contributed by atoms with Crippen LogP contribution in [0.25, 0.3) is 0 Å². The average molecular weight is 247 g/mol. The van der Waals surface area contributed by atoms with E-state index >= 15 is 0 Å². The van der Waals surface area contributed by atoms with Gasteiger partial charge in [-0.05, 0) is 43.4 Å². The Morgan fingerprint density at radius 3 is 2.72 bits per heavy atom. The van der Waals surface area contributed by atoms with E-state index in [1.54, 1.807) is 0 Å². The highest BCUT2D eigenvalue weighted by Gasteiger charge is 2.28. The minimum absolute atomic E-state index is 0.102. The Morgan fingerprint density at radius 2 is 2.17 bits per heavy atom. The SMILES string of the molecule is Cc1ccc(C(=N)N)c(N(C)CC2CC(O)C2)c1. The number of rotatable bonds is 4. The van der Waals surface area contributed by atoms with Crippen molar-refractivity contribution < 1.29 is 5.11 Å². The second-order valence-electron chi connectivity index (χ2n) is 5.31. The van der Waals surface area contributed by atoms with E-state index in [0.717, 1.165) is 36.2 Å². The number of aliphatic hydroxyl groups is 1. The maximum atomic E-state index is 9.32. The lowest BCUT2D eigenvalue weighted by Gasteiger charge is -2.35. The average Bonchev–Trinajstić information content (AvgIpc) is 2.26. The van der Waals surface area contributed by atoms with Gasteiger partial charge in [-0.2, -0.15) is 0 Å². The van der Waals surface area contributed by atoms with Gasteiger partial charge >= 0.3 is 0 Å². The summed E-state index contributed by atoms with van der Waals surface area (Å²) in [5.74, 6) is 0.649. The number of nitrogens with one attached hydrogen (secondary N) is 1. The Balaban J connectivity index is 2.15. The fourth-order valence-electron chi connectivity index (χ4n) is 2.52. The highest BCUT2D eigenvalue weighted by molar-refractivity contribution is 6.00. The Kier molecular flexibility index (Phi) is 3.57. The number of nitrogens with zero attached hydrogens (tertiary/aromatic N) is 1. The van der Waals surface area contributed by atoms with Gasteiger partial charge < -0.3 is 15.7 Å². The summed E-state index contributed by atoms with van der Waals surface area (Å²) in [7, 11) is 2.02. The summed E-state index contributed by atoms with van der Waals surface area (Å²) < 4.78 is 0. The van der Waals surface area contributed by atoms with E-state index in [2.05, 4.69) is 11.0 Å². The van der Waals surface area contributed by atoms with Crippen LogP contribution in [-0.2, 0) is 0 Å². The molecule has 0 heterocycles. The van der Waals surface area contributed by atoms with Crippen LogP contribution in [0.3, 0.4) is 0 Å². The first kappa shape index (κ1) is 12.9. The molecular formula is C14H21N3O. The fourth-order valence-corrected chi connectivity index (χ4v) is 2.52. The molecule has 1 saturated carbocycles. The van der Waals surface area contributed by atoms with E-state index in [9.17, 15) is 5.11 Å². The number of amidine groups is 1. The highest BCUT2D eigenvalue weighted by atomic mass is 16.3. The van der Waals surface area contributed by atoms with Crippen LogP contribution in [-0.4, -0.2) is 30.6 Å². The van der Waals surface area contributed by atoms with Crippen LogP contribution in [0.2, 0.25) is 0 Å². The highest BCUT2D eigenvalue weighted by Crippen LogP contribution is 2.30. The molecular weight excluding hydrogens is 226 g/mol. The Bertz CT molecular complexity index is 452. The summed E-state index contributed by atoms with van der Waals surface area (Å²) >= 11 is 0. The molecule has 98 valence electrons. The zero-order chi connectivity index (χ0) is 13.3. The van der Waals surface area contributed by atoms with Crippen molar-refractivity contribution in [2.24, 2.45) is 11.7 Å². The van der Waals surface area contributed by atoms with Crippen molar-refractivity contribution in [3.63, 3.8) is 0 Å². The van der Waals surface area contributed by atoms with Crippen molar-refractivity contribution in [3.8, 4) is 0 Å². The van der Waals surface area contributed by atoms with E-state index in [-0.39, 0.29) is 11.9 Å². The molecule has 0 unspecified atom stereocenters. The summed E-state index contributed by atoms with van der Waals surface area (Å²) in [6.45, 7) is 2.94. The molecule has 1 aliphatic carbocycles.